The molecule has 0 bridgehead atoms. The van der Waals surface area contributed by atoms with Crippen LogP contribution in [0.4, 0.5) is 26.3 Å². The van der Waals surface area contributed by atoms with Crippen molar-refractivity contribution in [3.05, 3.63) is 53.2 Å². The van der Waals surface area contributed by atoms with Gasteiger partial charge in [0, 0.05) is 0 Å². The van der Waals surface area contributed by atoms with Crippen molar-refractivity contribution in [1.82, 2.24) is 4.57 Å². The van der Waals surface area contributed by atoms with Gasteiger partial charge in [0.05, 0.1) is 6.54 Å². The van der Waals surface area contributed by atoms with E-state index >= 15 is 0 Å². The number of hydrogen-bond acceptors (Lipinski definition) is 4. The highest BCUT2D eigenvalue weighted by atomic mass is 32.3. The molecule has 0 unspecified atom stereocenters. The van der Waals surface area contributed by atoms with E-state index in [1.807, 2.05) is 6.07 Å². The topological polar surface area (TPSA) is 91.2 Å². The highest BCUT2D eigenvalue weighted by molar-refractivity contribution is 8.13. The molecule has 2 rings (SSSR count). The molecular weight excluding hydrogens is 476 g/mol. The van der Waals surface area contributed by atoms with E-state index in [0.29, 0.717) is 0 Å². The lowest BCUT2D eigenvalue weighted by Gasteiger charge is -2.22. The van der Waals surface area contributed by atoms with Crippen LogP contribution in [0.5, 0.6) is 0 Å². The summed E-state index contributed by atoms with van der Waals surface area (Å²) in [5.41, 5.74) is -11.2. The van der Waals surface area contributed by atoms with E-state index < -0.39 is 31.1 Å². The van der Waals surface area contributed by atoms with E-state index in [1.165, 1.54) is 24.9 Å². The van der Waals surface area contributed by atoms with Gasteiger partial charge >= 0.3 is 11.0 Å². The Kier molecular flexibility index (Phi) is 9.07. The highest BCUT2D eigenvalue weighted by Crippen LogP contribution is 2.36. The predicted molar refractivity (Wildman–Crippen MR) is 98.8 cm³/mol. The molecule has 7 nitrogen and oxygen atoms in total. The van der Waals surface area contributed by atoms with E-state index in [2.05, 4.69) is 59.0 Å². The van der Waals surface area contributed by atoms with Crippen molar-refractivity contribution in [1.29, 1.82) is 0 Å². The van der Waals surface area contributed by atoms with E-state index in [0.717, 1.165) is 10.7 Å². The largest absolute Gasteiger partial charge is 0.480 e. The summed E-state index contributed by atoms with van der Waals surface area (Å²) in [7, 11) is -13.4. The molecule has 1 aromatic carbocycles. The average molecular weight is 495 g/mol. The number of rotatable bonds is 7. The van der Waals surface area contributed by atoms with Crippen LogP contribution >= 0.6 is 0 Å². The van der Waals surface area contributed by atoms with Gasteiger partial charge < -0.3 is 4.13 Å². The molecule has 0 aliphatic carbocycles. The zero-order valence-corrected chi connectivity index (χ0v) is 17.6. The number of hydrogen-bond donors (Lipinski definition) is 0. The summed E-state index contributed by atoms with van der Waals surface area (Å²) < 4.78 is 114. The molecule has 1 heterocycles. The summed E-state index contributed by atoms with van der Waals surface area (Å²) in [6.07, 6.45) is 10.3. The van der Waals surface area contributed by atoms with Crippen molar-refractivity contribution < 1.29 is 47.7 Å². The predicted octanol–water partition coefficient (Wildman–Crippen LogP) is 4.01. The molecule has 0 saturated carbocycles. The van der Waals surface area contributed by atoms with E-state index in [9.17, 15) is 43.2 Å². The normalized spacial score (nSPS) is 12.9. The number of alkyl halides is 6. The number of aryl methyl sites for hydroxylation is 1. The van der Waals surface area contributed by atoms with Gasteiger partial charge in [0.2, 0.25) is 6.33 Å². The minimum atomic E-state index is -6.72. The molecule has 0 atom stereocenters. The molecule has 0 amide bonds. The summed E-state index contributed by atoms with van der Waals surface area (Å²) >= 11 is 0. The summed E-state index contributed by atoms with van der Waals surface area (Å²) in [6, 6.07) is 10.4. The number of halogens is 6. The van der Waals surface area contributed by atoms with E-state index in [1.54, 1.807) is 0 Å². The van der Waals surface area contributed by atoms with Crippen molar-refractivity contribution >= 4 is 20.0 Å². The third-order valence-corrected chi connectivity index (χ3v) is 6.29. The summed E-state index contributed by atoms with van der Waals surface area (Å²) in [5.74, 6) is 0. The lowest BCUT2D eigenvalue weighted by Crippen LogP contribution is -2.30. The zero-order valence-electron chi connectivity index (χ0n) is 16.0. The maximum Gasteiger partial charge on any atom is 0.480 e. The fourth-order valence-corrected chi connectivity index (χ4v) is 3.75. The standard InChI is InChI=1S/C14H19N2.C2F6NO4S2/c1-2-3-7-10-15-11-12-16(13-15)14-8-5-4-6-9-14;3-1(4,5)14(10,11)9-15(12,13)2(6,7)8/h4-6,8-9,11-13H,2-3,7,10H2,1H3;/q+1;-1. The molecule has 0 saturated heterocycles. The molecule has 0 aliphatic heterocycles. The molecule has 0 aliphatic rings. The Labute approximate surface area is 175 Å². The van der Waals surface area contributed by atoms with Gasteiger partial charge in [0.15, 0.2) is 20.0 Å². The first-order valence-corrected chi connectivity index (χ1v) is 11.5. The fourth-order valence-electron chi connectivity index (χ4n) is 2.04. The van der Waals surface area contributed by atoms with Crippen molar-refractivity contribution in [3.8, 4) is 5.69 Å². The SMILES string of the molecule is CCCCC[n+]1ccn(-c2ccccc2)c1.O=S(=O)([N-]S(=O)(=O)C(F)(F)F)C(F)(F)F. The van der Waals surface area contributed by atoms with Crippen LogP contribution in [0.2, 0.25) is 0 Å². The summed E-state index contributed by atoms with van der Waals surface area (Å²) in [4.78, 5) is 0. The van der Waals surface area contributed by atoms with Gasteiger partial charge in [-0.2, -0.15) is 26.3 Å². The van der Waals surface area contributed by atoms with Crippen LogP contribution in [0.25, 0.3) is 9.81 Å². The van der Waals surface area contributed by atoms with Crippen LogP contribution in [0.15, 0.2) is 49.1 Å². The first kappa shape index (κ1) is 26.9. The lowest BCUT2D eigenvalue weighted by molar-refractivity contribution is -0.696. The van der Waals surface area contributed by atoms with Gasteiger partial charge in [-0.05, 0) is 25.0 Å². The van der Waals surface area contributed by atoms with Crippen molar-refractivity contribution in [3.63, 3.8) is 0 Å². The van der Waals surface area contributed by atoms with E-state index in [4.69, 9.17) is 0 Å². The maximum absolute atomic E-state index is 11.4. The van der Waals surface area contributed by atoms with Crippen LogP contribution < -0.4 is 4.57 Å². The second-order valence-electron chi connectivity index (χ2n) is 6.02. The Morgan fingerprint density at radius 3 is 1.87 bits per heavy atom. The number of unbranched alkanes of at least 4 members (excludes halogenated alkanes) is 2. The Balaban J connectivity index is 0.000000311. The Hall–Kier alpha value is -2.13. The van der Waals surface area contributed by atoms with Gasteiger partial charge in [-0.15, -0.1) is 0 Å². The molecule has 0 N–H and O–H groups in total. The highest BCUT2D eigenvalue weighted by Gasteiger charge is 2.46. The van der Waals surface area contributed by atoms with Crippen LogP contribution in [0.1, 0.15) is 26.2 Å². The fraction of sp³-hybridized carbons (Fsp3) is 0.438. The lowest BCUT2D eigenvalue weighted by atomic mass is 10.2. The van der Waals surface area contributed by atoms with Crippen molar-refractivity contribution in [2.24, 2.45) is 0 Å². The monoisotopic (exact) mass is 495 g/mol. The number of aromatic nitrogens is 2. The van der Waals surface area contributed by atoms with Crippen LogP contribution in [0.3, 0.4) is 0 Å². The second-order valence-corrected chi connectivity index (χ2v) is 9.44. The summed E-state index contributed by atoms with van der Waals surface area (Å²) in [6.45, 7) is 3.35. The van der Waals surface area contributed by atoms with Gasteiger partial charge in [0.25, 0.3) is 0 Å². The van der Waals surface area contributed by atoms with E-state index in [-0.39, 0.29) is 0 Å². The van der Waals surface area contributed by atoms with Gasteiger partial charge in [0.1, 0.15) is 18.1 Å². The van der Waals surface area contributed by atoms with Crippen LogP contribution in [0, 0.1) is 0 Å². The molecule has 31 heavy (non-hydrogen) atoms. The smallest absolute Gasteiger partial charge is 0.421 e. The van der Waals surface area contributed by atoms with Crippen molar-refractivity contribution in [2.45, 2.75) is 43.7 Å². The molecule has 15 heteroatoms. The number of imidazole rings is 1. The Morgan fingerprint density at radius 2 is 1.42 bits per heavy atom. The molecule has 2 aromatic rings. The molecular formula is C16H19F6N3O4S2. The minimum absolute atomic E-state index is 0.778. The first-order valence-electron chi connectivity index (χ1n) is 8.60. The van der Waals surface area contributed by atoms with Gasteiger partial charge in [-0.25, -0.2) is 26.0 Å². The molecule has 0 spiro atoms. The molecule has 176 valence electrons. The number of para-hydroxylation sites is 1. The quantitative estimate of drug-likeness (QED) is 0.330. The molecule has 0 fully saturated rings. The summed E-state index contributed by atoms with van der Waals surface area (Å²) in [5, 5.41) is 0. The van der Waals surface area contributed by atoms with Crippen LogP contribution in [-0.4, -0.2) is 32.4 Å². The number of sulfonamides is 2. The zero-order chi connectivity index (χ0) is 23.9. The number of nitrogens with zero attached hydrogens (tertiary/aromatic N) is 3. The second kappa shape index (κ2) is 10.5. The van der Waals surface area contributed by atoms with Gasteiger partial charge in [-0.3, -0.25) is 0 Å². The Bertz CT molecular complexity index is 991. The number of benzene rings is 1. The molecule has 1 aromatic heterocycles. The van der Waals surface area contributed by atoms with Crippen LogP contribution in [-0.2, 0) is 26.6 Å². The Morgan fingerprint density at radius 1 is 0.903 bits per heavy atom. The van der Waals surface area contributed by atoms with Crippen molar-refractivity contribution in [2.75, 3.05) is 0 Å². The minimum Gasteiger partial charge on any atom is -0.421 e. The first-order chi connectivity index (χ1) is 14.1. The van der Waals surface area contributed by atoms with Gasteiger partial charge in [-0.1, -0.05) is 31.5 Å². The average Bonchev–Trinajstić information content (AvgIpc) is 3.09. The maximum atomic E-state index is 11.4. The third-order valence-electron chi connectivity index (χ3n) is 3.55. The molecule has 0 radical (unpaired) electrons. The third kappa shape index (κ3) is 8.14.